The van der Waals surface area contributed by atoms with Crippen LogP contribution in [0.3, 0.4) is 0 Å². The second kappa shape index (κ2) is 14.0. The van der Waals surface area contributed by atoms with Crippen molar-refractivity contribution >= 4 is 29.8 Å². The van der Waals surface area contributed by atoms with E-state index in [2.05, 4.69) is 10.6 Å². The lowest BCUT2D eigenvalue weighted by Gasteiger charge is -2.42. The molecule has 1 atom stereocenters. The van der Waals surface area contributed by atoms with E-state index in [1.165, 1.54) is 4.90 Å². The fraction of sp³-hybridized carbons (Fsp3) is 0.552. The van der Waals surface area contributed by atoms with Gasteiger partial charge in [-0.1, -0.05) is 42.5 Å². The first-order chi connectivity index (χ1) is 18.8. The Labute approximate surface area is 235 Å². The maximum absolute atomic E-state index is 14.1. The van der Waals surface area contributed by atoms with Crippen molar-refractivity contribution in [1.29, 1.82) is 0 Å². The Hall–Kier alpha value is -3.89. The molecule has 1 aromatic carbocycles. The lowest BCUT2D eigenvalue weighted by Crippen LogP contribution is -2.68. The van der Waals surface area contributed by atoms with Crippen LogP contribution in [0, 0.1) is 0 Å². The van der Waals surface area contributed by atoms with Crippen LogP contribution in [0.25, 0.3) is 0 Å². The maximum Gasteiger partial charge on any atom is 0.408 e. The van der Waals surface area contributed by atoms with Gasteiger partial charge in [0.1, 0.15) is 17.7 Å². The number of hydrogen-bond acceptors (Lipinski definition) is 8. The highest BCUT2D eigenvalue weighted by atomic mass is 16.6. The number of alkyl carbamates (subject to hydrolysis) is 1. The summed E-state index contributed by atoms with van der Waals surface area (Å²) in [6.07, 6.45) is 2.94. The molecule has 2 rings (SSSR count). The lowest BCUT2D eigenvalue weighted by atomic mass is 9.89. The van der Waals surface area contributed by atoms with Crippen LogP contribution >= 0.6 is 0 Å². The average Bonchev–Trinajstić information content (AvgIpc) is 2.95. The van der Waals surface area contributed by atoms with Crippen molar-refractivity contribution in [2.24, 2.45) is 0 Å². The first kappa shape index (κ1) is 32.3. The van der Waals surface area contributed by atoms with Crippen LogP contribution in [0.5, 0.6) is 0 Å². The number of rotatable bonds is 9. The number of carbonyl (C=O) groups is 5. The van der Waals surface area contributed by atoms with E-state index in [9.17, 15) is 24.0 Å². The number of carbonyl (C=O) groups excluding carboxylic acids is 5. The Morgan fingerprint density at radius 1 is 1.00 bits per heavy atom. The minimum Gasteiger partial charge on any atom is -0.464 e. The second-order valence-corrected chi connectivity index (χ2v) is 10.6. The van der Waals surface area contributed by atoms with E-state index < -0.39 is 53.1 Å². The van der Waals surface area contributed by atoms with Gasteiger partial charge >= 0.3 is 18.0 Å². The number of nitrogens with one attached hydrogen (secondary N) is 2. The molecule has 11 heteroatoms. The standard InChI is InChI=1S/C29H41N3O8/c1-7-38-24(35)29(25(36)39-8-2)18-14-10-13-17-28(6,23(34)31-29)32(20-21-15-11-9-12-16-21)22(33)19-30-26(37)40-27(3,4)5/h9-12,14-16H,7-8,13,17-20H2,1-6H3,(H,30,37)(H,31,34)/b14-10-. The van der Waals surface area contributed by atoms with Crippen LogP contribution in [0.15, 0.2) is 42.5 Å². The minimum absolute atomic E-state index is 0.0220. The zero-order valence-electron chi connectivity index (χ0n) is 24.2. The molecule has 0 radical (unpaired) electrons. The van der Waals surface area contributed by atoms with Crippen LogP contribution in [-0.4, -0.2) is 71.2 Å². The highest BCUT2D eigenvalue weighted by Crippen LogP contribution is 2.29. The molecule has 1 heterocycles. The highest BCUT2D eigenvalue weighted by Gasteiger charge is 2.53. The fourth-order valence-corrected chi connectivity index (χ4v) is 4.21. The molecule has 1 unspecified atom stereocenters. The van der Waals surface area contributed by atoms with E-state index in [0.29, 0.717) is 6.42 Å². The van der Waals surface area contributed by atoms with Crippen molar-refractivity contribution in [3.8, 4) is 0 Å². The molecule has 40 heavy (non-hydrogen) atoms. The highest BCUT2D eigenvalue weighted by molar-refractivity contribution is 6.09. The largest absolute Gasteiger partial charge is 0.464 e. The predicted octanol–water partition coefficient (Wildman–Crippen LogP) is 3.02. The third kappa shape index (κ3) is 8.30. The summed E-state index contributed by atoms with van der Waals surface area (Å²) in [6, 6.07) is 9.04. The van der Waals surface area contributed by atoms with Crippen molar-refractivity contribution < 1.29 is 38.2 Å². The van der Waals surface area contributed by atoms with Crippen molar-refractivity contribution in [2.45, 2.75) is 84.0 Å². The maximum atomic E-state index is 14.1. The minimum atomic E-state index is -2.14. The first-order valence-corrected chi connectivity index (χ1v) is 13.4. The topological polar surface area (TPSA) is 140 Å². The summed E-state index contributed by atoms with van der Waals surface area (Å²) in [6.45, 7) is 9.38. The van der Waals surface area contributed by atoms with E-state index in [4.69, 9.17) is 14.2 Å². The summed E-state index contributed by atoms with van der Waals surface area (Å²) in [5.41, 5.74) is -3.71. The van der Waals surface area contributed by atoms with Crippen LogP contribution < -0.4 is 10.6 Å². The van der Waals surface area contributed by atoms with Gasteiger partial charge in [-0.2, -0.15) is 0 Å². The Morgan fingerprint density at radius 2 is 1.60 bits per heavy atom. The van der Waals surface area contributed by atoms with Gasteiger partial charge in [0.15, 0.2) is 0 Å². The van der Waals surface area contributed by atoms with E-state index in [1.807, 2.05) is 6.07 Å². The predicted molar refractivity (Wildman–Crippen MR) is 147 cm³/mol. The average molecular weight is 560 g/mol. The number of allylic oxidation sites excluding steroid dienone is 1. The van der Waals surface area contributed by atoms with Crippen molar-refractivity contribution in [1.82, 2.24) is 15.5 Å². The van der Waals surface area contributed by atoms with Gasteiger partial charge in [-0.3, -0.25) is 9.59 Å². The number of amides is 3. The summed E-state index contributed by atoms with van der Waals surface area (Å²) in [7, 11) is 0. The fourth-order valence-electron chi connectivity index (χ4n) is 4.21. The number of nitrogens with zero attached hydrogens (tertiary/aromatic N) is 1. The van der Waals surface area contributed by atoms with Crippen LogP contribution in [-0.2, 0) is 39.9 Å². The lowest BCUT2D eigenvalue weighted by molar-refractivity contribution is -0.169. The molecule has 1 aromatic rings. The van der Waals surface area contributed by atoms with Gasteiger partial charge in [0, 0.05) is 13.0 Å². The Morgan fingerprint density at radius 3 is 2.15 bits per heavy atom. The van der Waals surface area contributed by atoms with Crippen LogP contribution in [0.2, 0.25) is 0 Å². The van der Waals surface area contributed by atoms with Gasteiger partial charge in [-0.05, 0) is 59.9 Å². The molecule has 11 nitrogen and oxygen atoms in total. The Bertz CT molecular complexity index is 1080. The molecule has 1 aliphatic rings. The summed E-state index contributed by atoms with van der Waals surface area (Å²) in [5.74, 6) is -3.21. The molecule has 3 amide bonds. The second-order valence-electron chi connectivity index (χ2n) is 10.6. The molecule has 0 saturated heterocycles. The molecular formula is C29H41N3O8. The molecule has 1 aliphatic heterocycles. The molecule has 0 fully saturated rings. The van der Waals surface area contributed by atoms with Crippen molar-refractivity contribution in [3.63, 3.8) is 0 Å². The molecule has 0 aromatic heterocycles. The molecule has 0 spiro atoms. The van der Waals surface area contributed by atoms with Crippen molar-refractivity contribution in [2.75, 3.05) is 19.8 Å². The van der Waals surface area contributed by atoms with E-state index >= 15 is 0 Å². The van der Waals surface area contributed by atoms with Gasteiger partial charge in [-0.15, -0.1) is 0 Å². The number of hydrogen-bond donors (Lipinski definition) is 2. The zero-order chi connectivity index (χ0) is 30.0. The quantitative estimate of drug-likeness (QED) is 0.204. The third-order valence-electron chi connectivity index (χ3n) is 6.32. The SMILES string of the molecule is CCOC(=O)C1(C(=O)OCC)C/C=C\CCC(C)(N(Cc2ccccc2)C(=O)CNC(=O)OC(C)(C)C)C(=O)N1. The molecular weight excluding hydrogens is 518 g/mol. The monoisotopic (exact) mass is 559 g/mol. The van der Waals surface area contributed by atoms with Gasteiger partial charge in [0.05, 0.1) is 13.2 Å². The smallest absolute Gasteiger partial charge is 0.408 e. The summed E-state index contributed by atoms with van der Waals surface area (Å²) in [5, 5.41) is 5.06. The van der Waals surface area contributed by atoms with Crippen molar-refractivity contribution in [3.05, 3.63) is 48.0 Å². The Balaban J connectivity index is 2.52. The zero-order valence-corrected chi connectivity index (χ0v) is 24.2. The van der Waals surface area contributed by atoms with E-state index in [0.717, 1.165) is 5.56 Å². The van der Waals surface area contributed by atoms with Gasteiger partial charge in [0.2, 0.25) is 17.4 Å². The van der Waals surface area contributed by atoms with Gasteiger partial charge < -0.3 is 29.7 Å². The summed E-state index contributed by atoms with van der Waals surface area (Å²) in [4.78, 5) is 67.6. The number of esters is 2. The molecule has 0 saturated carbocycles. The number of benzene rings is 1. The van der Waals surface area contributed by atoms with Gasteiger partial charge in [0.25, 0.3) is 0 Å². The van der Waals surface area contributed by atoms with Gasteiger partial charge in [-0.25, -0.2) is 14.4 Å². The summed E-state index contributed by atoms with van der Waals surface area (Å²) >= 11 is 0. The van der Waals surface area contributed by atoms with Crippen LogP contribution in [0.4, 0.5) is 4.79 Å². The Kier molecular flexibility index (Phi) is 11.3. The normalized spacial score (nSPS) is 19.5. The summed E-state index contributed by atoms with van der Waals surface area (Å²) < 4.78 is 15.6. The first-order valence-electron chi connectivity index (χ1n) is 13.4. The molecule has 0 aliphatic carbocycles. The molecule has 220 valence electrons. The number of ether oxygens (including phenoxy) is 3. The molecule has 2 N–H and O–H groups in total. The van der Waals surface area contributed by atoms with E-state index in [-0.39, 0.29) is 32.6 Å². The van der Waals surface area contributed by atoms with E-state index in [1.54, 1.807) is 78.0 Å². The third-order valence-corrected chi connectivity index (χ3v) is 6.32. The van der Waals surface area contributed by atoms with Crippen LogP contribution in [0.1, 0.15) is 66.4 Å². The molecule has 0 bridgehead atoms.